The normalized spacial score (nSPS) is 12.5. The first-order chi connectivity index (χ1) is 7.54. The summed E-state index contributed by atoms with van der Waals surface area (Å²) >= 11 is 3.53. The van der Waals surface area contributed by atoms with Crippen molar-refractivity contribution in [3.05, 3.63) is 33.3 Å². The second-order valence-corrected chi connectivity index (χ2v) is 4.84. The summed E-state index contributed by atoms with van der Waals surface area (Å²) < 4.78 is 6.45. The Labute approximate surface area is 105 Å². The van der Waals surface area contributed by atoms with Gasteiger partial charge in [0.05, 0.1) is 6.61 Å². The summed E-state index contributed by atoms with van der Waals surface area (Å²) in [5.74, 6) is 0. The van der Waals surface area contributed by atoms with Gasteiger partial charge in [-0.3, -0.25) is 0 Å². The number of benzene rings is 1. The van der Waals surface area contributed by atoms with Crippen molar-refractivity contribution >= 4 is 22.2 Å². The molecule has 1 atom stereocenters. The minimum Gasteiger partial charge on any atom is -0.371 e. The lowest BCUT2D eigenvalue weighted by atomic mass is 10.0. The fourth-order valence-electron chi connectivity index (χ4n) is 1.43. The summed E-state index contributed by atoms with van der Waals surface area (Å²) in [5, 5.41) is 0. The minimum absolute atomic E-state index is 0.310. The molecule has 0 saturated carbocycles. The first-order valence-electron chi connectivity index (χ1n) is 5.37. The molecule has 0 saturated heterocycles. The number of hydrogen-bond acceptors (Lipinski definition) is 2. The molecule has 0 fully saturated rings. The monoisotopic (exact) mass is 284 g/mol. The fourth-order valence-corrected chi connectivity index (χ4v) is 2.04. The third-order valence-corrected chi connectivity index (χ3v) is 3.45. The third-order valence-electron chi connectivity index (χ3n) is 2.63. The van der Waals surface area contributed by atoms with Gasteiger partial charge in [0.25, 0.3) is 0 Å². The number of ether oxygens (including phenoxy) is 1. The smallest absolute Gasteiger partial charge is 0.148 e. The van der Waals surface area contributed by atoms with E-state index in [4.69, 9.17) is 4.74 Å². The predicted octanol–water partition coefficient (Wildman–Crippen LogP) is 3.21. The molecule has 0 spiro atoms. The summed E-state index contributed by atoms with van der Waals surface area (Å²) in [6.07, 6.45) is 1.34. The van der Waals surface area contributed by atoms with Crippen LogP contribution >= 0.6 is 15.9 Å². The van der Waals surface area contributed by atoms with Crippen molar-refractivity contribution in [3.8, 4) is 0 Å². The Morgan fingerprint density at radius 1 is 1.44 bits per heavy atom. The van der Waals surface area contributed by atoms with Crippen LogP contribution in [-0.4, -0.2) is 19.0 Å². The van der Waals surface area contributed by atoms with Crippen molar-refractivity contribution in [1.82, 2.24) is 0 Å². The highest BCUT2D eigenvalue weighted by Gasteiger charge is 2.03. The van der Waals surface area contributed by atoms with E-state index in [2.05, 4.69) is 41.9 Å². The van der Waals surface area contributed by atoms with Gasteiger partial charge < -0.3 is 9.53 Å². The molecule has 0 aliphatic rings. The second-order valence-electron chi connectivity index (χ2n) is 3.98. The molecular weight excluding hydrogens is 268 g/mol. The van der Waals surface area contributed by atoms with Crippen LogP contribution in [0.1, 0.15) is 23.6 Å². The number of hydrogen-bond donors (Lipinski definition) is 0. The Balaban J connectivity index is 2.58. The van der Waals surface area contributed by atoms with Crippen molar-refractivity contribution in [3.63, 3.8) is 0 Å². The van der Waals surface area contributed by atoms with E-state index < -0.39 is 0 Å². The topological polar surface area (TPSA) is 26.3 Å². The molecule has 1 rings (SSSR count). The fraction of sp³-hybridized carbons (Fsp3) is 0.462. The lowest BCUT2D eigenvalue weighted by Crippen LogP contribution is -2.11. The molecule has 0 aromatic heterocycles. The van der Waals surface area contributed by atoms with Crippen LogP contribution in [0.25, 0.3) is 0 Å². The Morgan fingerprint density at radius 2 is 2.12 bits per heavy atom. The van der Waals surface area contributed by atoms with Crippen molar-refractivity contribution < 1.29 is 9.53 Å². The van der Waals surface area contributed by atoms with E-state index in [1.165, 1.54) is 16.7 Å². The molecule has 0 N–H and O–H groups in total. The number of carbonyl (C=O) groups is 1. The average molecular weight is 285 g/mol. The maximum atomic E-state index is 10.4. The van der Waals surface area contributed by atoms with Crippen molar-refractivity contribution in [2.45, 2.75) is 33.3 Å². The number of aldehydes is 1. The first kappa shape index (κ1) is 13.4. The van der Waals surface area contributed by atoms with Gasteiger partial charge in [-0.15, -0.1) is 0 Å². The quantitative estimate of drug-likeness (QED) is 0.776. The largest absolute Gasteiger partial charge is 0.371 e. The van der Waals surface area contributed by atoms with Gasteiger partial charge in [0.15, 0.2) is 0 Å². The van der Waals surface area contributed by atoms with E-state index in [9.17, 15) is 4.79 Å². The van der Waals surface area contributed by atoms with Crippen LogP contribution in [0.2, 0.25) is 0 Å². The van der Waals surface area contributed by atoms with Gasteiger partial charge in [0.1, 0.15) is 12.4 Å². The highest BCUT2D eigenvalue weighted by molar-refractivity contribution is 9.10. The van der Waals surface area contributed by atoms with Crippen LogP contribution in [0.4, 0.5) is 0 Å². The molecule has 88 valence electrons. The molecule has 0 radical (unpaired) electrons. The van der Waals surface area contributed by atoms with E-state index in [-0.39, 0.29) is 6.10 Å². The SMILES string of the molecule is Cc1cc(CCO[C@H](C)C=O)cc(Br)c1C. The molecule has 3 heteroatoms. The third kappa shape index (κ3) is 3.72. The van der Waals surface area contributed by atoms with Gasteiger partial charge in [-0.1, -0.05) is 22.0 Å². The zero-order valence-electron chi connectivity index (χ0n) is 9.92. The highest BCUT2D eigenvalue weighted by atomic mass is 79.9. The van der Waals surface area contributed by atoms with Gasteiger partial charge in [-0.05, 0) is 49.9 Å². The minimum atomic E-state index is -0.310. The Morgan fingerprint density at radius 3 is 2.69 bits per heavy atom. The molecule has 0 aliphatic heterocycles. The van der Waals surface area contributed by atoms with Crippen LogP contribution in [-0.2, 0) is 16.0 Å². The van der Waals surface area contributed by atoms with E-state index in [0.717, 1.165) is 17.2 Å². The highest BCUT2D eigenvalue weighted by Crippen LogP contribution is 2.21. The molecule has 2 nitrogen and oxygen atoms in total. The van der Waals surface area contributed by atoms with Crippen LogP contribution < -0.4 is 0 Å². The van der Waals surface area contributed by atoms with E-state index in [1.54, 1.807) is 6.92 Å². The molecule has 0 aliphatic carbocycles. The molecular formula is C13H17BrO2. The maximum absolute atomic E-state index is 10.4. The lowest BCUT2D eigenvalue weighted by molar-refractivity contribution is -0.117. The molecule has 1 aromatic carbocycles. The summed E-state index contributed by atoms with van der Waals surface area (Å²) in [5.41, 5.74) is 3.77. The summed E-state index contributed by atoms with van der Waals surface area (Å²) in [4.78, 5) is 10.4. The van der Waals surface area contributed by atoms with Crippen molar-refractivity contribution in [1.29, 1.82) is 0 Å². The Hall–Kier alpha value is -0.670. The van der Waals surface area contributed by atoms with Crippen LogP contribution in [0.3, 0.4) is 0 Å². The summed E-state index contributed by atoms with van der Waals surface area (Å²) in [6.45, 7) is 6.52. The van der Waals surface area contributed by atoms with E-state index in [1.807, 2.05) is 0 Å². The van der Waals surface area contributed by atoms with Crippen molar-refractivity contribution in [2.24, 2.45) is 0 Å². The maximum Gasteiger partial charge on any atom is 0.148 e. The number of carbonyl (C=O) groups excluding carboxylic acids is 1. The molecule has 0 bridgehead atoms. The zero-order chi connectivity index (χ0) is 12.1. The molecule has 0 amide bonds. The van der Waals surface area contributed by atoms with Gasteiger partial charge in [-0.25, -0.2) is 0 Å². The number of aryl methyl sites for hydroxylation is 1. The van der Waals surface area contributed by atoms with Crippen molar-refractivity contribution in [2.75, 3.05) is 6.61 Å². The van der Waals surface area contributed by atoms with Gasteiger partial charge in [0.2, 0.25) is 0 Å². The molecule has 16 heavy (non-hydrogen) atoms. The zero-order valence-corrected chi connectivity index (χ0v) is 11.5. The van der Waals surface area contributed by atoms with E-state index in [0.29, 0.717) is 6.61 Å². The molecule has 0 heterocycles. The average Bonchev–Trinajstić information content (AvgIpc) is 2.25. The molecule has 0 unspecified atom stereocenters. The van der Waals surface area contributed by atoms with Gasteiger partial charge in [0, 0.05) is 4.47 Å². The lowest BCUT2D eigenvalue weighted by Gasteiger charge is -2.09. The van der Waals surface area contributed by atoms with Crippen LogP contribution in [0.15, 0.2) is 16.6 Å². The molecule has 1 aromatic rings. The number of rotatable bonds is 5. The predicted molar refractivity (Wildman–Crippen MR) is 68.8 cm³/mol. The van der Waals surface area contributed by atoms with Gasteiger partial charge in [-0.2, -0.15) is 0 Å². The summed E-state index contributed by atoms with van der Waals surface area (Å²) in [7, 11) is 0. The van der Waals surface area contributed by atoms with Crippen LogP contribution in [0.5, 0.6) is 0 Å². The van der Waals surface area contributed by atoms with Gasteiger partial charge >= 0.3 is 0 Å². The Kier molecular flexibility index (Phi) is 5.16. The Bertz CT molecular complexity index is 351. The van der Waals surface area contributed by atoms with E-state index >= 15 is 0 Å². The number of halogens is 1. The summed E-state index contributed by atoms with van der Waals surface area (Å²) in [6, 6.07) is 4.27. The second kappa shape index (κ2) is 6.16. The standard InChI is InChI=1S/C13H17BrO2/c1-9-6-12(7-13(14)11(9)3)4-5-16-10(2)8-15/h6-8,10H,4-5H2,1-3H3/t10-/m1/s1. The van der Waals surface area contributed by atoms with Crippen LogP contribution in [0, 0.1) is 13.8 Å². The first-order valence-corrected chi connectivity index (χ1v) is 6.16.